The Bertz CT molecular complexity index is 1200. The summed E-state index contributed by atoms with van der Waals surface area (Å²) in [5.41, 5.74) is 6.18. The van der Waals surface area contributed by atoms with Gasteiger partial charge in [0.05, 0.1) is 18.1 Å². The summed E-state index contributed by atoms with van der Waals surface area (Å²) in [5.74, 6) is -0.0643. The van der Waals surface area contributed by atoms with E-state index >= 15 is 0 Å². The molecule has 0 aliphatic carbocycles. The third kappa shape index (κ3) is 2.36. The van der Waals surface area contributed by atoms with Gasteiger partial charge in [0.2, 0.25) is 0 Å². The van der Waals surface area contributed by atoms with Crippen LogP contribution in [0.15, 0.2) is 48.9 Å². The van der Waals surface area contributed by atoms with Crippen LogP contribution in [-0.2, 0) is 13.0 Å². The average Bonchev–Trinajstić information content (AvgIpc) is 3.43. The summed E-state index contributed by atoms with van der Waals surface area (Å²) in [6, 6.07) is 9.94. The highest BCUT2D eigenvalue weighted by Gasteiger charge is 2.28. The highest BCUT2D eigenvalue weighted by molar-refractivity contribution is 6.10. The molecule has 0 saturated carbocycles. The van der Waals surface area contributed by atoms with Gasteiger partial charge in [-0.1, -0.05) is 18.2 Å². The van der Waals surface area contributed by atoms with E-state index in [9.17, 15) is 4.79 Å². The van der Waals surface area contributed by atoms with Gasteiger partial charge in [-0.25, -0.2) is 9.50 Å². The van der Waals surface area contributed by atoms with E-state index in [2.05, 4.69) is 28.2 Å². The number of carbonyl (C=O) groups excluding carboxylic acids is 1. The Balaban J connectivity index is 1.59. The number of aromatic nitrogens is 5. The normalized spacial score (nSPS) is 13.3. The van der Waals surface area contributed by atoms with Crippen molar-refractivity contribution in [2.75, 3.05) is 11.4 Å². The second-order valence-corrected chi connectivity index (χ2v) is 6.92. The van der Waals surface area contributed by atoms with Crippen molar-refractivity contribution in [2.24, 2.45) is 0 Å². The van der Waals surface area contributed by atoms with Crippen molar-refractivity contribution in [1.29, 1.82) is 0 Å². The molecule has 4 aromatic rings. The molecule has 3 aromatic heterocycles. The number of hydrogen-bond donors (Lipinski definition) is 0. The topological polar surface area (TPSA) is 68.3 Å². The molecule has 0 radical (unpaired) electrons. The maximum absolute atomic E-state index is 13.3. The fourth-order valence-corrected chi connectivity index (χ4v) is 3.96. The van der Waals surface area contributed by atoms with Crippen LogP contribution in [0.5, 0.6) is 0 Å². The predicted octanol–water partition coefficient (Wildman–Crippen LogP) is 3.12. The van der Waals surface area contributed by atoms with E-state index in [1.165, 1.54) is 5.56 Å². The van der Waals surface area contributed by atoms with Gasteiger partial charge >= 0.3 is 0 Å². The van der Waals surface area contributed by atoms with Crippen LogP contribution in [-0.4, -0.2) is 36.8 Å². The van der Waals surface area contributed by atoms with Crippen molar-refractivity contribution in [3.8, 4) is 11.3 Å². The molecule has 0 fully saturated rings. The lowest BCUT2D eigenvalue weighted by molar-refractivity contribution is 0.0991. The molecule has 1 aliphatic rings. The lowest BCUT2D eigenvalue weighted by atomic mass is 10.2. The molecule has 0 unspecified atom stereocenters. The first kappa shape index (κ1) is 16.7. The molecule has 0 bridgehead atoms. The smallest absolute Gasteiger partial charge is 0.263 e. The van der Waals surface area contributed by atoms with Gasteiger partial charge in [0.25, 0.3) is 5.91 Å². The van der Waals surface area contributed by atoms with Crippen LogP contribution in [0.25, 0.3) is 16.9 Å². The number of fused-ring (bicyclic) bond motifs is 2. The molecule has 28 heavy (non-hydrogen) atoms. The molecule has 4 heterocycles. The Morgan fingerprint density at radius 2 is 2.00 bits per heavy atom. The van der Waals surface area contributed by atoms with Crippen molar-refractivity contribution in [2.45, 2.75) is 26.8 Å². The molecule has 7 heteroatoms. The number of carbonyl (C=O) groups is 1. The summed E-state index contributed by atoms with van der Waals surface area (Å²) >= 11 is 0. The summed E-state index contributed by atoms with van der Waals surface area (Å²) in [6.07, 6.45) is 6.06. The fourth-order valence-electron chi connectivity index (χ4n) is 3.96. The lowest BCUT2D eigenvalue weighted by Crippen LogP contribution is -2.28. The number of anilines is 1. The highest BCUT2D eigenvalue weighted by atomic mass is 16.2. The maximum atomic E-state index is 13.3. The van der Waals surface area contributed by atoms with E-state index in [0.29, 0.717) is 17.8 Å². The number of amides is 1. The first-order valence-corrected chi connectivity index (χ1v) is 9.44. The van der Waals surface area contributed by atoms with Gasteiger partial charge < -0.3 is 4.90 Å². The zero-order valence-corrected chi connectivity index (χ0v) is 15.8. The molecule has 140 valence electrons. The monoisotopic (exact) mass is 372 g/mol. The summed E-state index contributed by atoms with van der Waals surface area (Å²) < 4.78 is 3.68. The van der Waals surface area contributed by atoms with Crippen LogP contribution < -0.4 is 4.90 Å². The number of nitrogens with zero attached hydrogens (tertiary/aromatic N) is 6. The van der Waals surface area contributed by atoms with E-state index in [1.807, 2.05) is 47.0 Å². The molecule has 1 amide bonds. The SMILES string of the molecule is CCn1ncc(-c2ccnc3c(C(=O)N4CCc5ccccc54)cnn23)c1C. The first-order chi connectivity index (χ1) is 13.7. The minimum atomic E-state index is -0.0643. The Labute approximate surface area is 162 Å². The van der Waals surface area contributed by atoms with Gasteiger partial charge in [0, 0.05) is 36.2 Å². The number of hydrogen-bond acceptors (Lipinski definition) is 4. The molecule has 0 spiro atoms. The first-order valence-electron chi connectivity index (χ1n) is 9.44. The van der Waals surface area contributed by atoms with Crippen LogP contribution in [0, 0.1) is 6.92 Å². The lowest BCUT2D eigenvalue weighted by Gasteiger charge is -2.16. The van der Waals surface area contributed by atoms with E-state index in [-0.39, 0.29) is 5.91 Å². The summed E-state index contributed by atoms with van der Waals surface area (Å²) in [6.45, 7) is 5.58. The fraction of sp³-hybridized carbons (Fsp3) is 0.238. The Morgan fingerprint density at radius 3 is 2.82 bits per heavy atom. The number of para-hydroxylation sites is 1. The zero-order valence-electron chi connectivity index (χ0n) is 15.8. The Morgan fingerprint density at radius 1 is 1.14 bits per heavy atom. The van der Waals surface area contributed by atoms with E-state index in [1.54, 1.807) is 16.9 Å². The number of benzene rings is 1. The molecule has 0 N–H and O–H groups in total. The van der Waals surface area contributed by atoms with Crippen LogP contribution >= 0.6 is 0 Å². The molecule has 0 atom stereocenters. The molecule has 0 saturated heterocycles. The Kier molecular flexibility index (Phi) is 3.75. The summed E-state index contributed by atoms with van der Waals surface area (Å²) in [5, 5.41) is 8.92. The standard InChI is InChI=1S/C21H20N6O/c1-3-26-14(2)16(12-23-26)19-8-10-22-20-17(13-24-27(19)20)21(28)25-11-9-15-6-4-5-7-18(15)25/h4-8,10,12-13H,3,9,11H2,1-2H3. The summed E-state index contributed by atoms with van der Waals surface area (Å²) in [4.78, 5) is 19.5. The van der Waals surface area contributed by atoms with E-state index in [4.69, 9.17) is 0 Å². The minimum absolute atomic E-state index is 0.0643. The van der Waals surface area contributed by atoms with Crippen molar-refractivity contribution in [3.05, 3.63) is 65.7 Å². The van der Waals surface area contributed by atoms with Crippen LogP contribution in [0.2, 0.25) is 0 Å². The molecular formula is C21H20N6O. The van der Waals surface area contributed by atoms with Crippen molar-refractivity contribution in [1.82, 2.24) is 24.4 Å². The van der Waals surface area contributed by atoms with Crippen molar-refractivity contribution in [3.63, 3.8) is 0 Å². The highest BCUT2D eigenvalue weighted by Crippen LogP contribution is 2.30. The number of rotatable bonds is 3. The van der Waals surface area contributed by atoms with Gasteiger partial charge in [-0.15, -0.1) is 0 Å². The molecule has 5 rings (SSSR count). The molecule has 7 nitrogen and oxygen atoms in total. The van der Waals surface area contributed by atoms with Gasteiger partial charge in [0.1, 0.15) is 5.56 Å². The maximum Gasteiger partial charge on any atom is 0.263 e. The predicted molar refractivity (Wildman–Crippen MR) is 106 cm³/mol. The largest absolute Gasteiger partial charge is 0.308 e. The van der Waals surface area contributed by atoms with Gasteiger partial charge in [-0.2, -0.15) is 10.2 Å². The third-order valence-electron chi connectivity index (χ3n) is 5.44. The summed E-state index contributed by atoms with van der Waals surface area (Å²) in [7, 11) is 0. The zero-order chi connectivity index (χ0) is 19.3. The molecule has 1 aromatic carbocycles. The van der Waals surface area contributed by atoms with Crippen LogP contribution in [0.1, 0.15) is 28.5 Å². The van der Waals surface area contributed by atoms with Gasteiger partial charge in [0.15, 0.2) is 5.65 Å². The van der Waals surface area contributed by atoms with Gasteiger partial charge in [-0.05, 0) is 38.0 Å². The van der Waals surface area contributed by atoms with E-state index in [0.717, 1.165) is 35.6 Å². The molecular weight excluding hydrogens is 352 g/mol. The van der Waals surface area contributed by atoms with E-state index < -0.39 is 0 Å². The average molecular weight is 372 g/mol. The minimum Gasteiger partial charge on any atom is -0.308 e. The second kappa shape index (κ2) is 6.30. The van der Waals surface area contributed by atoms with Crippen LogP contribution in [0.4, 0.5) is 5.69 Å². The van der Waals surface area contributed by atoms with Crippen molar-refractivity contribution < 1.29 is 4.79 Å². The van der Waals surface area contributed by atoms with Crippen LogP contribution in [0.3, 0.4) is 0 Å². The Hall–Kier alpha value is -3.48. The van der Waals surface area contributed by atoms with Crippen molar-refractivity contribution >= 4 is 17.2 Å². The quantitative estimate of drug-likeness (QED) is 0.554. The second-order valence-electron chi connectivity index (χ2n) is 6.92. The molecule has 1 aliphatic heterocycles. The third-order valence-corrected chi connectivity index (χ3v) is 5.44. The van der Waals surface area contributed by atoms with Gasteiger partial charge in [-0.3, -0.25) is 9.48 Å². The number of aryl methyl sites for hydroxylation is 1.